The summed E-state index contributed by atoms with van der Waals surface area (Å²) in [6.07, 6.45) is 6.55. The Morgan fingerprint density at radius 3 is 2.79 bits per heavy atom. The minimum atomic E-state index is -0.121. The molecule has 2 atom stereocenters. The molecule has 0 spiro atoms. The van der Waals surface area contributed by atoms with Gasteiger partial charge in [0.2, 0.25) is 0 Å². The van der Waals surface area contributed by atoms with Crippen LogP contribution in [0.4, 0.5) is 16.3 Å². The highest BCUT2D eigenvalue weighted by Crippen LogP contribution is 2.27. The van der Waals surface area contributed by atoms with Gasteiger partial charge in [0.25, 0.3) is 0 Å². The SMILES string of the molecule is CCN(CC)c1ccc(NC(=O)N[C@H]2CCN3CCCC[C@H]23)cn1. The van der Waals surface area contributed by atoms with Crippen molar-refractivity contribution in [2.24, 2.45) is 0 Å². The van der Waals surface area contributed by atoms with E-state index in [1.165, 1.54) is 25.8 Å². The molecule has 0 unspecified atom stereocenters. The number of piperidine rings is 1. The maximum absolute atomic E-state index is 12.3. The van der Waals surface area contributed by atoms with E-state index >= 15 is 0 Å². The van der Waals surface area contributed by atoms with Gasteiger partial charge in [-0.25, -0.2) is 9.78 Å². The molecule has 0 bridgehead atoms. The summed E-state index contributed by atoms with van der Waals surface area (Å²) in [5.74, 6) is 0.944. The summed E-state index contributed by atoms with van der Waals surface area (Å²) in [5.41, 5.74) is 0.738. The van der Waals surface area contributed by atoms with Gasteiger partial charge < -0.3 is 15.5 Å². The maximum atomic E-state index is 12.3. The highest BCUT2D eigenvalue weighted by atomic mass is 16.2. The predicted molar refractivity (Wildman–Crippen MR) is 97.6 cm³/mol. The van der Waals surface area contributed by atoms with E-state index in [0.29, 0.717) is 6.04 Å². The van der Waals surface area contributed by atoms with E-state index in [-0.39, 0.29) is 12.1 Å². The first kappa shape index (κ1) is 17.0. The minimum Gasteiger partial charge on any atom is -0.357 e. The number of pyridine rings is 1. The molecule has 0 saturated carbocycles. The van der Waals surface area contributed by atoms with Crippen molar-refractivity contribution in [1.82, 2.24) is 15.2 Å². The third kappa shape index (κ3) is 3.80. The van der Waals surface area contributed by atoms with Crippen molar-refractivity contribution in [3.05, 3.63) is 18.3 Å². The van der Waals surface area contributed by atoms with Crippen molar-refractivity contribution in [3.8, 4) is 0 Å². The number of nitrogens with zero attached hydrogens (tertiary/aromatic N) is 3. The third-order valence-electron chi connectivity index (χ3n) is 5.27. The van der Waals surface area contributed by atoms with Gasteiger partial charge in [-0.1, -0.05) is 6.42 Å². The van der Waals surface area contributed by atoms with Crippen molar-refractivity contribution < 1.29 is 4.79 Å². The molecule has 6 nitrogen and oxygen atoms in total. The average Bonchev–Trinajstić information content (AvgIpc) is 3.00. The lowest BCUT2D eigenvalue weighted by Gasteiger charge is -2.32. The zero-order valence-electron chi connectivity index (χ0n) is 14.8. The standard InChI is InChI=1S/C18H29N5O/c1-3-22(4-2)17-9-8-14(13-19-17)20-18(24)21-15-10-12-23-11-6-5-7-16(15)23/h8-9,13,15-16H,3-7,10-12H2,1-2H3,(H2,20,21,24)/t15-,16+/m0/s1. The second kappa shape index (κ2) is 7.83. The van der Waals surface area contributed by atoms with Crippen LogP contribution < -0.4 is 15.5 Å². The smallest absolute Gasteiger partial charge is 0.319 e. The number of fused-ring (bicyclic) bond motifs is 1. The number of anilines is 2. The van der Waals surface area contributed by atoms with Gasteiger partial charge in [-0.05, 0) is 51.8 Å². The Bertz CT molecular complexity index is 543. The summed E-state index contributed by atoms with van der Waals surface area (Å²) in [5, 5.41) is 6.07. The van der Waals surface area contributed by atoms with Gasteiger partial charge in [-0.3, -0.25) is 4.90 Å². The summed E-state index contributed by atoms with van der Waals surface area (Å²) < 4.78 is 0. The molecule has 0 aromatic carbocycles. The Kier molecular flexibility index (Phi) is 5.56. The number of hydrogen-bond acceptors (Lipinski definition) is 4. The van der Waals surface area contributed by atoms with Gasteiger partial charge in [-0.2, -0.15) is 0 Å². The van der Waals surface area contributed by atoms with E-state index in [2.05, 4.69) is 39.3 Å². The number of aromatic nitrogens is 1. The molecule has 0 radical (unpaired) electrons. The topological polar surface area (TPSA) is 60.5 Å². The van der Waals surface area contributed by atoms with Crippen LogP contribution in [-0.4, -0.2) is 54.2 Å². The number of carbonyl (C=O) groups excluding carboxylic acids is 1. The van der Waals surface area contributed by atoms with Crippen LogP contribution in [0.15, 0.2) is 18.3 Å². The molecule has 2 aliphatic heterocycles. The Labute approximate surface area is 144 Å². The molecule has 2 aliphatic rings. The van der Waals surface area contributed by atoms with Gasteiger partial charge >= 0.3 is 6.03 Å². The van der Waals surface area contributed by atoms with Crippen LogP contribution in [-0.2, 0) is 0 Å². The second-order valence-corrected chi connectivity index (χ2v) is 6.67. The first-order valence-corrected chi connectivity index (χ1v) is 9.23. The molecule has 1 aromatic heterocycles. The van der Waals surface area contributed by atoms with Crippen LogP contribution in [0, 0.1) is 0 Å². The number of urea groups is 1. The molecular formula is C18H29N5O. The fourth-order valence-electron chi connectivity index (χ4n) is 3.95. The molecule has 0 aliphatic carbocycles. The summed E-state index contributed by atoms with van der Waals surface area (Å²) in [4.78, 5) is 21.4. The van der Waals surface area contributed by atoms with Crippen LogP contribution in [0.3, 0.4) is 0 Å². The van der Waals surface area contributed by atoms with Crippen LogP contribution in [0.2, 0.25) is 0 Å². The molecule has 2 fully saturated rings. The Balaban J connectivity index is 1.53. The number of rotatable bonds is 5. The van der Waals surface area contributed by atoms with Crippen molar-refractivity contribution >= 4 is 17.5 Å². The lowest BCUT2D eigenvalue weighted by atomic mass is 9.99. The van der Waals surface area contributed by atoms with Crippen LogP contribution in [0.5, 0.6) is 0 Å². The van der Waals surface area contributed by atoms with Crippen LogP contribution >= 0.6 is 0 Å². The third-order valence-corrected chi connectivity index (χ3v) is 5.27. The Morgan fingerprint density at radius 1 is 1.25 bits per heavy atom. The van der Waals surface area contributed by atoms with E-state index < -0.39 is 0 Å². The van der Waals surface area contributed by atoms with Gasteiger partial charge in [0.05, 0.1) is 11.9 Å². The molecule has 2 N–H and O–H groups in total. The average molecular weight is 331 g/mol. The van der Waals surface area contributed by atoms with E-state index in [1.807, 2.05) is 12.1 Å². The van der Waals surface area contributed by atoms with Crippen molar-refractivity contribution in [1.29, 1.82) is 0 Å². The Morgan fingerprint density at radius 2 is 2.08 bits per heavy atom. The molecule has 3 heterocycles. The molecule has 3 rings (SSSR count). The van der Waals surface area contributed by atoms with E-state index in [9.17, 15) is 4.79 Å². The second-order valence-electron chi connectivity index (χ2n) is 6.67. The molecule has 132 valence electrons. The fraction of sp³-hybridized carbons (Fsp3) is 0.667. The maximum Gasteiger partial charge on any atom is 0.319 e. The van der Waals surface area contributed by atoms with Gasteiger partial charge in [0.15, 0.2) is 0 Å². The minimum absolute atomic E-state index is 0.121. The predicted octanol–water partition coefficient (Wildman–Crippen LogP) is 2.68. The largest absolute Gasteiger partial charge is 0.357 e. The van der Waals surface area contributed by atoms with Crippen molar-refractivity contribution in [2.45, 2.75) is 51.6 Å². The number of hydrogen-bond donors (Lipinski definition) is 2. The van der Waals surface area contributed by atoms with Gasteiger partial charge in [0.1, 0.15) is 5.82 Å². The number of amides is 2. The van der Waals surface area contributed by atoms with Gasteiger partial charge in [0, 0.05) is 31.7 Å². The van der Waals surface area contributed by atoms with Crippen LogP contribution in [0.25, 0.3) is 0 Å². The quantitative estimate of drug-likeness (QED) is 0.871. The highest BCUT2D eigenvalue weighted by Gasteiger charge is 2.36. The molecule has 2 amide bonds. The molecular weight excluding hydrogens is 302 g/mol. The van der Waals surface area contributed by atoms with E-state index in [4.69, 9.17) is 0 Å². The zero-order valence-corrected chi connectivity index (χ0v) is 14.8. The first-order valence-electron chi connectivity index (χ1n) is 9.23. The van der Waals surface area contributed by atoms with Crippen LogP contribution in [0.1, 0.15) is 39.5 Å². The lowest BCUT2D eigenvalue weighted by Crippen LogP contribution is -2.47. The highest BCUT2D eigenvalue weighted by molar-refractivity contribution is 5.89. The molecule has 1 aromatic rings. The summed E-state index contributed by atoms with van der Waals surface area (Å²) >= 11 is 0. The Hall–Kier alpha value is -1.82. The van der Waals surface area contributed by atoms with Crippen molar-refractivity contribution in [2.75, 3.05) is 36.4 Å². The summed E-state index contributed by atoms with van der Waals surface area (Å²) in [6.45, 7) is 8.37. The van der Waals surface area contributed by atoms with E-state index in [0.717, 1.165) is 37.6 Å². The zero-order chi connectivity index (χ0) is 16.9. The van der Waals surface area contributed by atoms with Gasteiger partial charge in [-0.15, -0.1) is 0 Å². The van der Waals surface area contributed by atoms with E-state index in [1.54, 1.807) is 6.20 Å². The molecule has 24 heavy (non-hydrogen) atoms. The summed E-state index contributed by atoms with van der Waals surface area (Å²) in [6, 6.07) is 4.55. The monoisotopic (exact) mass is 331 g/mol. The molecule has 2 saturated heterocycles. The number of carbonyl (C=O) groups is 1. The summed E-state index contributed by atoms with van der Waals surface area (Å²) in [7, 11) is 0. The molecule has 6 heteroatoms. The fourth-order valence-corrected chi connectivity index (χ4v) is 3.95. The number of nitrogens with one attached hydrogen (secondary N) is 2. The lowest BCUT2D eigenvalue weighted by molar-refractivity contribution is 0.180. The normalized spacial score (nSPS) is 23.6. The first-order chi connectivity index (χ1) is 11.7. The van der Waals surface area contributed by atoms with Crippen molar-refractivity contribution in [3.63, 3.8) is 0 Å².